The van der Waals surface area contributed by atoms with Crippen LogP contribution in [0.4, 0.5) is 5.69 Å². The zero-order valence-electron chi connectivity index (χ0n) is 11.2. The van der Waals surface area contributed by atoms with E-state index in [1.807, 2.05) is 0 Å². The van der Waals surface area contributed by atoms with Crippen LogP contribution in [0.1, 0.15) is 0 Å². The maximum Gasteiger partial charge on any atom is 0.245 e. The zero-order chi connectivity index (χ0) is 15.8. The van der Waals surface area contributed by atoms with Crippen LogP contribution in [0.15, 0.2) is 27.6 Å². The second-order valence-electron chi connectivity index (χ2n) is 4.66. The van der Waals surface area contributed by atoms with E-state index < -0.39 is 25.2 Å². The molecule has 10 heteroatoms. The van der Waals surface area contributed by atoms with Crippen LogP contribution in [0.5, 0.6) is 0 Å². The smallest absolute Gasteiger partial charge is 0.245 e. The van der Waals surface area contributed by atoms with Gasteiger partial charge in [-0.3, -0.25) is 0 Å². The first kappa shape index (κ1) is 17.1. The van der Waals surface area contributed by atoms with Crippen molar-refractivity contribution in [1.29, 1.82) is 0 Å². The van der Waals surface area contributed by atoms with Gasteiger partial charge in [-0.05, 0) is 34.1 Å². The average molecular weight is 415 g/mol. The summed E-state index contributed by atoms with van der Waals surface area (Å²) in [6.07, 6.45) is 1.06. The van der Waals surface area contributed by atoms with Crippen molar-refractivity contribution in [1.82, 2.24) is 4.31 Å². The fourth-order valence-corrected chi connectivity index (χ4v) is 8.26. The number of halogens is 1. The van der Waals surface area contributed by atoms with Gasteiger partial charge in [0.1, 0.15) is 5.37 Å². The minimum atomic E-state index is -3.90. The van der Waals surface area contributed by atoms with E-state index in [0.29, 0.717) is 15.9 Å². The first-order valence-electron chi connectivity index (χ1n) is 5.97. The topological polar surface area (TPSA) is 97.5 Å². The Bertz CT molecular complexity index is 749. The van der Waals surface area contributed by atoms with Gasteiger partial charge < -0.3 is 5.73 Å². The van der Waals surface area contributed by atoms with Gasteiger partial charge in [-0.1, -0.05) is 0 Å². The molecule has 1 aromatic carbocycles. The van der Waals surface area contributed by atoms with Gasteiger partial charge >= 0.3 is 0 Å². The van der Waals surface area contributed by atoms with Crippen molar-refractivity contribution < 1.29 is 16.8 Å². The number of anilines is 1. The standard InChI is InChI=1S/C11H15BrN2O4S3/c1-20(15,16)11-7-19-5-4-14(11)21(17,18)10-3-2-8(13)6-9(10)12/h2-3,6,11H,4-5,7,13H2,1H3. The van der Waals surface area contributed by atoms with Crippen LogP contribution in [-0.2, 0) is 19.9 Å². The van der Waals surface area contributed by atoms with E-state index in [4.69, 9.17) is 5.73 Å². The normalized spacial score (nSPS) is 21.3. The highest BCUT2D eigenvalue weighted by Gasteiger charge is 2.40. The second kappa shape index (κ2) is 6.07. The fourth-order valence-electron chi connectivity index (χ4n) is 2.03. The van der Waals surface area contributed by atoms with E-state index in [1.54, 1.807) is 0 Å². The molecule has 1 atom stereocenters. The molecule has 0 saturated carbocycles. The Hall–Kier alpha value is -0.290. The lowest BCUT2D eigenvalue weighted by Crippen LogP contribution is -2.49. The van der Waals surface area contributed by atoms with Crippen molar-refractivity contribution in [2.24, 2.45) is 0 Å². The quantitative estimate of drug-likeness (QED) is 0.744. The van der Waals surface area contributed by atoms with Gasteiger partial charge in [0, 0.05) is 34.5 Å². The van der Waals surface area contributed by atoms with E-state index >= 15 is 0 Å². The Morgan fingerprint density at radius 1 is 1.33 bits per heavy atom. The number of sulfone groups is 1. The monoisotopic (exact) mass is 414 g/mol. The minimum Gasteiger partial charge on any atom is -0.399 e. The van der Waals surface area contributed by atoms with Crippen LogP contribution < -0.4 is 5.73 Å². The molecule has 1 aromatic rings. The SMILES string of the molecule is CS(=O)(=O)C1CSCCN1S(=O)(=O)c1ccc(N)cc1Br. The summed E-state index contributed by atoms with van der Waals surface area (Å²) in [5.74, 6) is 0.808. The third kappa shape index (κ3) is 3.55. The average Bonchev–Trinajstić information content (AvgIpc) is 2.37. The maximum absolute atomic E-state index is 12.8. The predicted octanol–water partition coefficient (Wildman–Crippen LogP) is 1.14. The van der Waals surface area contributed by atoms with E-state index in [-0.39, 0.29) is 17.2 Å². The van der Waals surface area contributed by atoms with Crippen molar-refractivity contribution in [3.05, 3.63) is 22.7 Å². The van der Waals surface area contributed by atoms with Gasteiger partial charge in [0.2, 0.25) is 10.0 Å². The molecule has 1 heterocycles. The van der Waals surface area contributed by atoms with Crippen LogP contribution in [-0.4, -0.2) is 50.8 Å². The lowest BCUT2D eigenvalue weighted by Gasteiger charge is -2.33. The molecule has 0 radical (unpaired) electrons. The Labute approximate surface area is 137 Å². The lowest BCUT2D eigenvalue weighted by molar-refractivity contribution is 0.404. The number of benzene rings is 1. The molecule has 0 aromatic heterocycles. The molecule has 21 heavy (non-hydrogen) atoms. The van der Waals surface area contributed by atoms with Crippen molar-refractivity contribution in [2.75, 3.05) is 30.0 Å². The predicted molar refractivity (Wildman–Crippen MR) is 88.4 cm³/mol. The molecule has 1 saturated heterocycles. The number of rotatable bonds is 3. The Kier molecular flexibility index (Phi) is 4.94. The van der Waals surface area contributed by atoms with Crippen molar-refractivity contribution in [3.63, 3.8) is 0 Å². The molecule has 1 unspecified atom stereocenters. The first-order chi connectivity index (χ1) is 9.64. The summed E-state index contributed by atoms with van der Waals surface area (Å²) in [4.78, 5) is 0.0252. The molecule has 1 fully saturated rings. The Morgan fingerprint density at radius 3 is 2.57 bits per heavy atom. The van der Waals surface area contributed by atoms with Crippen molar-refractivity contribution in [3.8, 4) is 0 Å². The van der Waals surface area contributed by atoms with Crippen molar-refractivity contribution >= 4 is 53.2 Å². The first-order valence-corrected chi connectivity index (χ1v) is 11.3. The molecule has 2 rings (SSSR count). The highest BCUT2D eigenvalue weighted by molar-refractivity contribution is 9.10. The minimum absolute atomic E-state index is 0.0252. The summed E-state index contributed by atoms with van der Waals surface area (Å²) >= 11 is 4.61. The fraction of sp³-hybridized carbons (Fsp3) is 0.455. The summed E-state index contributed by atoms with van der Waals surface area (Å²) in [5.41, 5.74) is 6.03. The molecule has 1 aliphatic heterocycles. The van der Waals surface area contributed by atoms with E-state index in [2.05, 4.69) is 15.9 Å². The van der Waals surface area contributed by atoms with Gasteiger partial charge in [-0.15, -0.1) is 0 Å². The zero-order valence-corrected chi connectivity index (χ0v) is 15.2. The second-order valence-corrected chi connectivity index (χ2v) is 10.7. The number of nitrogens with zero attached hydrogens (tertiary/aromatic N) is 1. The summed E-state index contributed by atoms with van der Waals surface area (Å²) < 4.78 is 50.6. The van der Waals surface area contributed by atoms with Crippen LogP contribution >= 0.6 is 27.7 Å². The largest absolute Gasteiger partial charge is 0.399 e. The van der Waals surface area contributed by atoms with E-state index in [0.717, 1.165) is 10.6 Å². The third-order valence-corrected chi connectivity index (χ3v) is 8.74. The number of sulfonamides is 1. The van der Waals surface area contributed by atoms with E-state index in [1.165, 1.54) is 30.0 Å². The van der Waals surface area contributed by atoms with Crippen molar-refractivity contribution in [2.45, 2.75) is 10.3 Å². The molecule has 0 amide bonds. The van der Waals surface area contributed by atoms with E-state index in [9.17, 15) is 16.8 Å². The number of nitrogen functional groups attached to an aromatic ring is 1. The number of thioether (sulfide) groups is 1. The van der Waals surface area contributed by atoms with Crippen LogP contribution in [0.3, 0.4) is 0 Å². The van der Waals surface area contributed by atoms with Crippen LogP contribution in [0.2, 0.25) is 0 Å². The molecule has 0 bridgehead atoms. The summed E-state index contributed by atoms with van der Waals surface area (Å²) in [6.45, 7) is 0.168. The number of nitrogens with two attached hydrogens (primary N) is 1. The molecular weight excluding hydrogens is 400 g/mol. The summed E-state index contributed by atoms with van der Waals surface area (Å²) in [6, 6.07) is 4.35. The molecule has 1 aliphatic rings. The lowest BCUT2D eigenvalue weighted by atomic mass is 10.3. The van der Waals surface area contributed by atoms with Gasteiger partial charge in [0.25, 0.3) is 0 Å². The molecule has 118 valence electrons. The van der Waals surface area contributed by atoms with Gasteiger partial charge in [-0.25, -0.2) is 16.8 Å². The summed E-state index contributed by atoms with van der Waals surface area (Å²) in [7, 11) is -7.40. The highest BCUT2D eigenvalue weighted by atomic mass is 79.9. The van der Waals surface area contributed by atoms with Crippen LogP contribution in [0.25, 0.3) is 0 Å². The van der Waals surface area contributed by atoms with Crippen LogP contribution in [0, 0.1) is 0 Å². The maximum atomic E-state index is 12.8. The van der Waals surface area contributed by atoms with Gasteiger partial charge in [0.05, 0.1) is 4.90 Å². The molecule has 6 nitrogen and oxygen atoms in total. The molecular formula is C11H15BrN2O4S3. The number of hydrogen-bond donors (Lipinski definition) is 1. The van der Waals surface area contributed by atoms with Gasteiger partial charge in [0.15, 0.2) is 9.84 Å². The molecule has 2 N–H and O–H groups in total. The summed E-state index contributed by atoms with van der Waals surface area (Å²) in [5, 5.41) is -1.04. The Morgan fingerprint density at radius 2 is 2.00 bits per heavy atom. The molecule has 0 spiro atoms. The van der Waals surface area contributed by atoms with Gasteiger partial charge in [-0.2, -0.15) is 16.1 Å². The highest BCUT2D eigenvalue weighted by Crippen LogP contribution is 2.31. The third-order valence-electron chi connectivity index (χ3n) is 3.07. The number of hydrogen-bond acceptors (Lipinski definition) is 6. The Balaban J connectivity index is 2.51. The molecule has 0 aliphatic carbocycles.